The lowest BCUT2D eigenvalue weighted by Gasteiger charge is -2.28. The van der Waals surface area contributed by atoms with Crippen molar-refractivity contribution in [1.82, 2.24) is 42.5 Å². The first kappa shape index (κ1) is 64.8. The Kier molecular flexibility index (Phi) is 31.2. The molecule has 0 aromatic heterocycles. The van der Waals surface area contributed by atoms with Crippen molar-refractivity contribution in [2.24, 2.45) is 45.7 Å². The van der Waals surface area contributed by atoms with E-state index in [9.17, 15) is 73.5 Å². The van der Waals surface area contributed by atoms with E-state index < -0.39 is 152 Å². The topological polar surface area (TPSA) is 485 Å². The highest BCUT2D eigenvalue weighted by molar-refractivity contribution is 5.98. The average Bonchev–Trinajstić information content (AvgIpc) is 3.28. The molecule has 0 unspecified atom stereocenters. The molecule has 0 rings (SSSR count). The molecule has 71 heavy (non-hydrogen) atoms. The average molecular weight is 1020 g/mol. The second-order valence-corrected chi connectivity index (χ2v) is 18.1. The van der Waals surface area contributed by atoms with Gasteiger partial charge in [0.15, 0.2) is 5.96 Å². The molecular formula is C43H79N13O15. The minimum Gasteiger partial charge on any atom is -0.481 e. The molecule has 8 amide bonds. The number of aliphatic carboxylic acids is 2. The lowest BCUT2D eigenvalue weighted by atomic mass is 10.00. The highest BCUT2D eigenvalue weighted by Gasteiger charge is 2.35. The van der Waals surface area contributed by atoms with Crippen LogP contribution in [0.3, 0.4) is 0 Å². The number of nitrogens with two attached hydrogens (primary N) is 4. The van der Waals surface area contributed by atoms with Crippen molar-refractivity contribution < 1.29 is 73.5 Å². The van der Waals surface area contributed by atoms with Crippen LogP contribution >= 0.6 is 0 Å². The number of carbonyl (C=O) groups is 10. The molecular weight excluding hydrogens is 939 g/mol. The molecule has 0 aromatic rings. The Morgan fingerprint density at radius 3 is 1.25 bits per heavy atom. The van der Waals surface area contributed by atoms with Crippen molar-refractivity contribution in [2.45, 2.75) is 154 Å². The summed E-state index contributed by atoms with van der Waals surface area (Å²) < 4.78 is 0. The minimum absolute atomic E-state index is 0.00608. The zero-order valence-corrected chi connectivity index (χ0v) is 41.4. The van der Waals surface area contributed by atoms with Gasteiger partial charge in [-0.05, 0) is 75.7 Å². The van der Waals surface area contributed by atoms with E-state index in [-0.39, 0.29) is 56.6 Å². The van der Waals surface area contributed by atoms with E-state index >= 15 is 0 Å². The maximum atomic E-state index is 13.8. The van der Waals surface area contributed by atoms with Gasteiger partial charge in [0.2, 0.25) is 47.3 Å². The Labute approximate surface area is 412 Å². The van der Waals surface area contributed by atoms with Crippen LogP contribution in [0.25, 0.3) is 0 Å². The third kappa shape index (κ3) is 26.0. The lowest BCUT2D eigenvalue weighted by molar-refractivity contribution is -0.143. The number of nitrogens with zero attached hydrogens (tertiary/aromatic N) is 1. The number of unbranched alkanes of at least 4 members (excludes halogenated alkanes) is 1. The van der Waals surface area contributed by atoms with E-state index in [1.165, 1.54) is 0 Å². The molecule has 21 N–H and O–H groups in total. The second kappa shape index (κ2) is 34.2. The van der Waals surface area contributed by atoms with Gasteiger partial charge >= 0.3 is 11.9 Å². The third-order valence-electron chi connectivity index (χ3n) is 10.5. The quantitative estimate of drug-likeness (QED) is 0.0158. The molecule has 28 heteroatoms. The van der Waals surface area contributed by atoms with Gasteiger partial charge in [0, 0.05) is 13.0 Å². The molecule has 0 heterocycles. The SMILES string of the molecule is CC(C)C[C@H](NC(=O)[C@H](CCCCN)NC(=O)[C@H](CO)NC(=O)[C@H](CO)NC(=O)[C@H](CO)NC(=O)[C@H](CCC(=O)O)NC(=O)[C@@H](NC(=O)[C@H](CCCN=C(N)N)NC(=O)[C@@H](N)CC(C)C)C(C)C)C(=O)O. The maximum absolute atomic E-state index is 13.8. The summed E-state index contributed by atoms with van der Waals surface area (Å²) in [6.07, 6.45) is 0.0731. The van der Waals surface area contributed by atoms with Gasteiger partial charge in [-0.15, -0.1) is 0 Å². The summed E-state index contributed by atoms with van der Waals surface area (Å²) in [7, 11) is 0. The Bertz CT molecular complexity index is 1800. The summed E-state index contributed by atoms with van der Waals surface area (Å²) in [6.45, 7) is 7.28. The van der Waals surface area contributed by atoms with Crippen molar-refractivity contribution in [3.05, 3.63) is 0 Å². The van der Waals surface area contributed by atoms with Gasteiger partial charge in [0.1, 0.15) is 48.3 Å². The van der Waals surface area contributed by atoms with Gasteiger partial charge in [-0.25, -0.2) is 4.79 Å². The number of carboxylic acid groups (broad SMARTS) is 2. The van der Waals surface area contributed by atoms with Gasteiger partial charge in [-0.2, -0.15) is 0 Å². The van der Waals surface area contributed by atoms with Crippen LogP contribution in [0.5, 0.6) is 0 Å². The number of aliphatic hydroxyl groups is 3. The van der Waals surface area contributed by atoms with Gasteiger partial charge in [-0.1, -0.05) is 41.5 Å². The summed E-state index contributed by atoms with van der Waals surface area (Å²) in [5.74, 6) is -11.8. The van der Waals surface area contributed by atoms with Crippen LogP contribution in [-0.4, -0.2) is 178 Å². The van der Waals surface area contributed by atoms with Crippen LogP contribution in [0.1, 0.15) is 99.3 Å². The van der Waals surface area contributed by atoms with E-state index in [2.05, 4.69) is 47.5 Å². The standard InChI is InChI=1S/C43H79N13O15/c1-21(2)16-24(45)34(62)49-26(11-9-15-48-43(46)47)37(65)56-33(23(5)6)41(69)51-27(12-13-32(60)61)36(64)53-30(19-58)39(67)55-31(20-59)40(68)54-29(18-57)38(66)50-25(10-7-8-14-44)35(63)52-28(42(70)71)17-22(3)4/h21-31,33,57-59H,7-20,44-45H2,1-6H3,(H,49,62)(H,50,66)(H,51,69)(H,52,63)(H,53,64)(H,54,68)(H,55,67)(H,56,65)(H,60,61)(H,70,71)(H4,46,47,48)/t24-,25-,26-,27-,28-,29-,30-,31-,33-/m0/s1. The Balaban J connectivity index is 6.22. The van der Waals surface area contributed by atoms with E-state index in [4.69, 9.17) is 22.9 Å². The van der Waals surface area contributed by atoms with Gasteiger partial charge in [0.05, 0.1) is 25.9 Å². The van der Waals surface area contributed by atoms with Gasteiger partial charge < -0.3 is 91.0 Å². The maximum Gasteiger partial charge on any atom is 0.326 e. The Hall–Kier alpha value is -6.23. The fourth-order valence-electron chi connectivity index (χ4n) is 6.65. The number of rotatable bonds is 36. The zero-order valence-electron chi connectivity index (χ0n) is 41.4. The van der Waals surface area contributed by atoms with Crippen LogP contribution in [0.2, 0.25) is 0 Å². The molecule has 0 aliphatic rings. The first-order valence-electron chi connectivity index (χ1n) is 23.4. The van der Waals surface area contributed by atoms with Crippen molar-refractivity contribution in [2.75, 3.05) is 32.9 Å². The molecule has 28 nitrogen and oxygen atoms in total. The van der Waals surface area contributed by atoms with Crippen molar-refractivity contribution in [3.63, 3.8) is 0 Å². The van der Waals surface area contributed by atoms with Gasteiger partial charge in [0.25, 0.3) is 0 Å². The van der Waals surface area contributed by atoms with E-state index in [0.717, 1.165) is 0 Å². The smallest absolute Gasteiger partial charge is 0.326 e. The molecule has 0 fully saturated rings. The molecule has 0 saturated carbocycles. The number of hydrogen-bond acceptors (Lipinski definition) is 16. The van der Waals surface area contributed by atoms with E-state index in [1.807, 2.05) is 13.8 Å². The van der Waals surface area contributed by atoms with Crippen molar-refractivity contribution >= 4 is 65.2 Å². The van der Waals surface area contributed by atoms with Crippen molar-refractivity contribution in [1.29, 1.82) is 0 Å². The normalized spacial score (nSPS) is 15.0. The summed E-state index contributed by atoms with van der Waals surface area (Å²) in [4.78, 5) is 134. The molecule has 406 valence electrons. The highest BCUT2D eigenvalue weighted by Crippen LogP contribution is 2.11. The van der Waals surface area contributed by atoms with E-state index in [0.29, 0.717) is 19.3 Å². The summed E-state index contributed by atoms with van der Waals surface area (Å²) in [5.41, 5.74) is 22.4. The van der Waals surface area contributed by atoms with Crippen LogP contribution in [-0.2, 0) is 47.9 Å². The minimum atomic E-state index is -1.91. The second-order valence-electron chi connectivity index (χ2n) is 18.1. The summed E-state index contributed by atoms with van der Waals surface area (Å²) >= 11 is 0. The largest absolute Gasteiger partial charge is 0.481 e. The fourth-order valence-corrected chi connectivity index (χ4v) is 6.65. The molecule has 9 atom stereocenters. The third-order valence-corrected chi connectivity index (χ3v) is 10.5. The molecule has 0 aliphatic carbocycles. The zero-order chi connectivity index (χ0) is 54.5. The number of carbonyl (C=O) groups excluding carboxylic acids is 8. The number of aliphatic hydroxyl groups excluding tert-OH is 3. The fraction of sp³-hybridized carbons (Fsp3) is 0.744. The number of guanidine groups is 1. The summed E-state index contributed by atoms with van der Waals surface area (Å²) in [6, 6.07) is -13.5. The molecule has 0 bridgehead atoms. The molecule has 0 spiro atoms. The Morgan fingerprint density at radius 2 is 0.859 bits per heavy atom. The number of nitrogens with one attached hydrogen (secondary N) is 8. The van der Waals surface area contributed by atoms with Crippen LogP contribution in [0.4, 0.5) is 0 Å². The number of hydrogen-bond donors (Lipinski definition) is 17. The van der Waals surface area contributed by atoms with Gasteiger partial charge in [-0.3, -0.25) is 48.1 Å². The number of carboxylic acids is 2. The molecule has 0 saturated heterocycles. The lowest BCUT2D eigenvalue weighted by Crippen LogP contribution is -2.62. The predicted octanol–water partition coefficient (Wildman–Crippen LogP) is -5.95. The van der Waals surface area contributed by atoms with Crippen LogP contribution in [0, 0.1) is 17.8 Å². The highest BCUT2D eigenvalue weighted by atomic mass is 16.4. The predicted molar refractivity (Wildman–Crippen MR) is 256 cm³/mol. The van der Waals surface area contributed by atoms with Crippen LogP contribution < -0.4 is 65.5 Å². The van der Waals surface area contributed by atoms with E-state index in [1.54, 1.807) is 27.7 Å². The number of amides is 8. The first-order chi connectivity index (χ1) is 33.2. The monoisotopic (exact) mass is 1020 g/mol. The molecule has 0 aliphatic heterocycles. The Morgan fingerprint density at radius 1 is 0.479 bits per heavy atom. The number of aliphatic imine (C=N–C) groups is 1. The molecule has 0 aromatic carbocycles. The van der Waals surface area contributed by atoms with Crippen LogP contribution in [0.15, 0.2) is 4.99 Å². The summed E-state index contributed by atoms with van der Waals surface area (Å²) in [5, 5.41) is 67.8. The first-order valence-corrected chi connectivity index (χ1v) is 23.4. The molecule has 0 radical (unpaired) electrons. The van der Waals surface area contributed by atoms with Crippen molar-refractivity contribution in [3.8, 4) is 0 Å².